The van der Waals surface area contributed by atoms with Crippen molar-refractivity contribution in [3.63, 3.8) is 0 Å². The van der Waals surface area contributed by atoms with Gasteiger partial charge in [-0.15, -0.1) is 0 Å². The fourth-order valence-corrected chi connectivity index (χ4v) is 0.529. The van der Waals surface area contributed by atoms with Gasteiger partial charge in [0.2, 0.25) is 0 Å². The molecule has 1 rings (SSSR count). The molecule has 0 saturated carbocycles. The summed E-state index contributed by atoms with van der Waals surface area (Å²) >= 11 is 0. The number of aromatic nitrogens is 1. The van der Waals surface area contributed by atoms with E-state index in [1.165, 1.54) is 0 Å². The third-order valence-electron chi connectivity index (χ3n) is 0.911. The molecule has 0 atom stereocenters. The number of hydrazine groups is 1. The van der Waals surface area contributed by atoms with Crippen LogP contribution in [0.3, 0.4) is 0 Å². The highest BCUT2D eigenvalue weighted by molar-refractivity contribution is 5.31. The molecule has 0 saturated heterocycles. The molecule has 0 spiro atoms. The van der Waals surface area contributed by atoms with Crippen molar-refractivity contribution in [3.8, 4) is 6.19 Å². The lowest BCUT2D eigenvalue weighted by Gasteiger charge is -1.98. The Morgan fingerprint density at radius 3 is 3.00 bits per heavy atom. The van der Waals surface area contributed by atoms with Gasteiger partial charge >= 0.3 is 0 Å². The molecule has 0 aliphatic rings. The van der Waals surface area contributed by atoms with Gasteiger partial charge in [-0.1, -0.05) is 6.07 Å². The lowest BCUT2D eigenvalue weighted by Crippen LogP contribution is -2.14. The lowest BCUT2D eigenvalue weighted by atomic mass is 10.5. The van der Waals surface area contributed by atoms with E-state index in [2.05, 4.69) is 15.8 Å². The van der Waals surface area contributed by atoms with E-state index in [1.54, 1.807) is 24.5 Å². The fourth-order valence-electron chi connectivity index (χ4n) is 0.529. The quantitative estimate of drug-likeness (QED) is 0.351. The largest absolute Gasteiger partial charge is 0.275 e. The molecule has 4 heteroatoms. The topological polar surface area (TPSA) is 60.7 Å². The Kier molecular flexibility index (Phi) is 2.10. The minimum atomic E-state index is 0.629. The second kappa shape index (κ2) is 3.30. The molecule has 0 aromatic carbocycles. The molecule has 50 valence electrons. The molecule has 1 aromatic heterocycles. The zero-order valence-corrected chi connectivity index (χ0v) is 5.20. The molecular weight excluding hydrogens is 128 g/mol. The van der Waals surface area contributed by atoms with Crippen molar-refractivity contribution in [2.24, 2.45) is 0 Å². The van der Waals surface area contributed by atoms with Crippen molar-refractivity contribution in [3.05, 3.63) is 24.4 Å². The van der Waals surface area contributed by atoms with Gasteiger partial charge in [-0.2, -0.15) is 5.26 Å². The van der Waals surface area contributed by atoms with Crippen molar-refractivity contribution >= 4 is 5.82 Å². The van der Waals surface area contributed by atoms with E-state index >= 15 is 0 Å². The molecule has 4 nitrogen and oxygen atoms in total. The minimum absolute atomic E-state index is 0.629. The standard InChI is InChI=1S/C6H6N4/c7-5-9-10-6-3-1-2-4-8-6/h1-4,9H,(H,8,10). The minimum Gasteiger partial charge on any atom is -0.275 e. The number of hydrogen-bond donors (Lipinski definition) is 2. The maximum atomic E-state index is 8.08. The fraction of sp³-hybridized carbons (Fsp3) is 0. The Hall–Kier alpha value is -1.76. The highest BCUT2D eigenvalue weighted by atomic mass is 15.4. The number of hydrogen-bond acceptors (Lipinski definition) is 4. The molecule has 0 fully saturated rings. The summed E-state index contributed by atoms with van der Waals surface area (Å²) < 4.78 is 0. The summed E-state index contributed by atoms with van der Waals surface area (Å²) in [5, 5.41) is 8.08. The number of nitrogens with one attached hydrogen (secondary N) is 2. The van der Waals surface area contributed by atoms with Gasteiger partial charge in [-0.3, -0.25) is 5.43 Å². The molecule has 2 N–H and O–H groups in total. The van der Waals surface area contributed by atoms with Gasteiger partial charge in [0.25, 0.3) is 0 Å². The Bertz CT molecular complexity index is 225. The molecule has 0 radical (unpaired) electrons. The number of nitrogens with zero attached hydrogens (tertiary/aromatic N) is 2. The van der Waals surface area contributed by atoms with Crippen molar-refractivity contribution in [2.75, 3.05) is 5.43 Å². The molecule has 0 aliphatic carbocycles. The molecule has 0 aliphatic heterocycles. The van der Waals surface area contributed by atoms with Crippen LogP contribution in [0.1, 0.15) is 0 Å². The summed E-state index contributed by atoms with van der Waals surface area (Å²) in [6, 6.07) is 5.39. The Balaban J connectivity index is 2.52. The third kappa shape index (κ3) is 1.63. The predicted molar refractivity (Wildman–Crippen MR) is 36.6 cm³/mol. The van der Waals surface area contributed by atoms with Crippen LogP contribution in [0.4, 0.5) is 5.82 Å². The second-order valence-electron chi connectivity index (χ2n) is 1.58. The van der Waals surface area contributed by atoms with Gasteiger partial charge < -0.3 is 0 Å². The smallest absolute Gasteiger partial charge is 0.197 e. The maximum Gasteiger partial charge on any atom is 0.197 e. The SMILES string of the molecule is N#CNNc1ccccn1. The molecule has 1 aromatic rings. The molecule has 1 heterocycles. The van der Waals surface area contributed by atoms with Crippen LogP contribution in [0.25, 0.3) is 0 Å². The van der Waals surface area contributed by atoms with Crippen molar-refractivity contribution in [2.45, 2.75) is 0 Å². The summed E-state index contributed by atoms with van der Waals surface area (Å²) in [5.41, 5.74) is 4.83. The summed E-state index contributed by atoms with van der Waals surface area (Å²) in [6.07, 6.45) is 3.36. The predicted octanol–water partition coefficient (Wildman–Crippen LogP) is 0.479. The van der Waals surface area contributed by atoms with Gasteiger partial charge in [0, 0.05) is 6.20 Å². The van der Waals surface area contributed by atoms with Crippen LogP contribution in [0.5, 0.6) is 0 Å². The number of pyridine rings is 1. The number of anilines is 1. The Morgan fingerprint density at radius 1 is 1.50 bits per heavy atom. The number of nitriles is 1. The van der Waals surface area contributed by atoms with E-state index in [0.29, 0.717) is 5.82 Å². The van der Waals surface area contributed by atoms with Gasteiger partial charge in [-0.05, 0) is 12.1 Å². The van der Waals surface area contributed by atoms with E-state index in [0.717, 1.165) is 0 Å². The lowest BCUT2D eigenvalue weighted by molar-refractivity contribution is 1.04. The molecule has 0 amide bonds. The first-order chi connectivity index (χ1) is 4.93. The highest BCUT2D eigenvalue weighted by Crippen LogP contribution is 1.95. The average molecular weight is 134 g/mol. The van der Waals surface area contributed by atoms with Gasteiger partial charge in [0.1, 0.15) is 5.82 Å². The van der Waals surface area contributed by atoms with E-state index in [-0.39, 0.29) is 0 Å². The summed E-state index contributed by atoms with van der Waals surface area (Å²) in [5.74, 6) is 0.629. The van der Waals surface area contributed by atoms with Crippen LogP contribution in [0.2, 0.25) is 0 Å². The zero-order chi connectivity index (χ0) is 7.23. The van der Waals surface area contributed by atoms with E-state index < -0.39 is 0 Å². The third-order valence-corrected chi connectivity index (χ3v) is 0.911. The average Bonchev–Trinajstić information content (AvgIpc) is 2.03. The molecule has 0 bridgehead atoms. The Labute approximate surface area is 58.5 Å². The maximum absolute atomic E-state index is 8.08. The van der Waals surface area contributed by atoms with E-state index in [1.807, 2.05) is 6.07 Å². The van der Waals surface area contributed by atoms with E-state index in [4.69, 9.17) is 5.26 Å². The Morgan fingerprint density at radius 2 is 2.40 bits per heavy atom. The van der Waals surface area contributed by atoms with Crippen LogP contribution in [0, 0.1) is 11.5 Å². The summed E-state index contributed by atoms with van der Waals surface area (Å²) in [6.45, 7) is 0. The van der Waals surface area contributed by atoms with Crippen molar-refractivity contribution in [1.82, 2.24) is 10.4 Å². The highest BCUT2D eigenvalue weighted by Gasteiger charge is 1.84. The number of rotatable bonds is 2. The first kappa shape index (κ1) is 6.36. The van der Waals surface area contributed by atoms with Crippen molar-refractivity contribution < 1.29 is 0 Å². The zero-order valence-electron chi connectivity index (χ0n) is 5.20. The van der Waals surface area contributed by atoms with Crippen LogP contribution in [0.15, 0.2) is 24.4 Å². The summed E-state index contributed by atoms with van der Waals surface area (Å²) in [4.78, 5) is 3.89. The second-order valence-corrected chi connectivity index (χ2v) is 1.58. The first-order valence-corrected chi connectivity index (χ1v) is 2.74. The molecule has 0 unspecified atom stereocenters. The van der Waals surface area contributed by atoms with Crippen LogP contribution >= 0.6 is 0 Å². The van der Waals surface area contributed by atoms with Gasteiger partial charge in [-0.25, -0.2) is 10.4 Å². The summed E-state index contributed by atoms with van der Waals surface area (Å²) in [7, 11) is 0. The monoisotopic (exact) mass is 134 g/mol. The van der Waals surface area contributed by atoms with Gasteiger partial charge in [0.15, 0.2) is 6.19 Å². The van der Waals surface area contributed by atoms with Crippen LogP contribution in [-0.4, -0.2) is 4.98 Å². The van der Waals surface area contributed by atoms with Crippen LogP contribution < -0.4 is 10.9 Å². The van der Waals surface area contributed by atoms with Gasteiger partial charge in [0.05, 0.1) is 0 Å². The first-order valence-electron chi connectivity index (χ1n) is 2.74. The normalized spacial score (nSPS) is 7.90. The van der Waals surface area contributed by atoms with Crippen molar-refractivity contribution in [1.29, 1.82) is 5.26 Å². The molecule has 10 heavy (non-hydrogen) atoms. The van der Waals surface area contributed by atoms with Crippen LogP contribution in [-0.2, 0) is 0 Å². The molecular formula is C6H6N4. The van der Waals surface area contributed by atoms with E-state index in [9.17, 15) is 0 Å².